The fourth-order valence-electron chi connectivity index (χ4n) is 4.80. The van der Waals surface area contributed by atoms with E-state index in [0.717, 1.165) is 48.7 Å². The summed E-state index contributed by atoms with van der Waals surface area (Å²) in [6.07, 6.45) is 4.68. The van der Waals surface area contributed by atoms with E-state index in [-0.39, 0.29) is 11.8 Å². The van der Waals surface area contributed by atoms with Crippen molar-refractivity contribution in [2.24, 2.45) is 5.92 Å². The number of nitrogens with one attached hydrogen (secondary N) is 1. The Kier molecular flexibility index (Phi) is 6.49. The first-order chi connectivity index (χ1) is 17.0. The average molecular weight is 470 g/mol. The number of aryl methyl sites for hydroxylation is 1. The second-order valence-corrected chi connectivity index (χ2v) is 9.62. The summed E-state index contributed by atoms with van der Waals surface area (Å²) >= 11 is 0. The third kappa shape index (κ3) is 5.04. The van der Waals surface area contributed by atoms with Crippen LogP contribution in [0.15, 0.2) is 54.7 Å². The van der Waals surface area contributed by atoms with Gasteiger partial charge in [0.2, 0.25) is 0 Å². The number of rotatable bonds is 6. The minimum Gasteiger partial charge on any atom is -0.356 e. The molecule has 2 amide bonds. The standard InChI is InChI=1S/C28H31N5O2/c1-19-10-14-32(15-11-19)26-24(9-6-20(2)30-26)27(34)31-23-8-7-21-18-33(28(35)25(21)17-23)16-12-22-5-3-4-13-29-22/h3-9,13,17,19H,10-12,14-16,18H2,1-2H3,(H,31,34). The van der Waals surface area contributed by atoms with Crippen molar-refractivity contribution in [3.63, 3.8) is 0 Å². The van der Waals surface area contributed by atoms with E-state index >= 15 is 0 Å². The number of fused-ring (bicyclic) bond motifs is 1. The van der Waals surface area contributed by atoms with Crippen molar-refractivity contribution in [1.82, 2.24) is 14.9 Å². The molecule has 1 saturated heterocycles. The fraction of sp³-hybridized carbons (Fsp3) is 0.357. The Morgan fingerprint density at radius 2 is 1.94 bits per heavy atom. The number of anilines is 2. The lowest BCUT2D eigenvalue weighted by Crippen LogP contribution is -2.35. The Morgan fingerprint density at radius 3 is 2.71 bits per heavy atom. The van der Waals surface area contributed by atoms with E-state index in [0.29, 0.717) is 42.2 Å². The highest BCUT2D eigenvalue weighted by Gasteiger charge is 2.28. The molecule has 5 rings (SSSR count). The second kappa shape index (κ2) is 9.86. The molecule has 7 heteroatoms. The lowest BCUT2D eigenvalue weighted by molar-refractivity contribution is 0.0779. The molecule has 2 aromatic heterocycles. The Hall–Kier alpha value is -3.74. The molecule has 2 aliphatic rings. The summed E-state index contributed by atoms with van der Waals surface area (Å²) in [4.78, 5) is 39.4. The van der Waals surface area contributed by atoms with Gasteiger partial charge in [-0.05, 0) is 67.6 Å². The van der Waals surface area contributed by atoms with Crippen molar-refractivity contribution in [3.8, 4) is 0 Å². The summed E-state index contributed by atoms with van der Waals surface area (Å²) in [6.45, 7) is 7.21. The van der Waals surface area contributed by atoms with Gasteiger partial charge in [0.1, 0.15) is 5.82 Å². The van der Waals surface area contributed by atoms with Gasteiger partial charge in [-0.2, -0.15) is 0 Å². The van der Waals surface area contributed by atoms with E-state index in [2.05, 4.69) is 22.1 Å². The smallest absolute Gasteiger partial charge is 0.259 e. The van der Waals surface area contributed by atoms with Gasteiger partial charge in [-0.25, -0.2) is 4.98 Å². The lowest BCUT2D eigenvalue weighted by Gasteiger charge is -2.32. The zero-order chi connectivity index (χ0) is 24.4. The maximum atomic E-state index is 13.3. The molecule has 1 fully saturated rings. The molecular formula is C28H31N5O2. The number of amides is 2. The van der Waals surface area contributed by atoms with Crippen LogP contribution in [-0.2, 0) is 13.0 Å². The van der Waals surface area contributed by atoms with Crippen LogP contribution in [0.2, 0.25) is 0 Å². The molecule has 0 bridgehead atoms. The first kappa shape index (κ1) is 23.0. The van der Waals surface area contributed by atoms with E-state index in [1.807, 2.05) is 54.3 Å². The second-order valence-electron chi connectivity index (χ2n) is 9.62. The lowest BCUT2D eigenvalue weighted by atomic mass is 9.99. The summed E-state index contributed by atoms with van der Waals surface area (Å²) in [5, 5.41) is 3.00. The quantitative estimate of drug-likeness (QED) is 0.576. The Labute approximate surface area is 206 Å². The van der Waals surface area contributed by atoms with Crippen LogP contribution in [0.3, 0.4) is 0 Å². The highest BCUT2D eigenvalue weighted by molar-refractivity contribution is 6.08. The molecule has 0 radical (unpaired) electrons. The van der Waals surface area contributed by atoms with Crippen molar-refractivity contribution in [2.75, 3.05) is 29.9 Å². The van der Waals surface area contributed by atoms with Crippen LogP contribution in [-0.4, -0.2) is 46.3 Å². The molecule has 180 valence electrons. The van der Waals surface area contributed by atoms with Crippen LogP contribution in [0.4, 0.5) is 11.5 Å². The number of nitrogens with zero attached hydrogens (tertiary/aromatic N) is 4. The van der Waals surface area contributed by atoms with Crippen molar-refractivity contribution in [1.29, 1.82) is 0 Å². The fourth-order valence-corrected chi connectivity index (χ4v) is 4.80. The number of piperidine rings is 1. The molecule has 0 unspecified atom stereocenters. The van der Waals surface area contributed by atoms with Gasteiger partial charge in [-0.1, -0.05) is 19.1 Å². The first-order valence-corrected chi connectivity index (χ1v) is 12.3. The third-order valence-electron chi connectivity index (χ3n) is 6.95. The van der Waals surface area contributed by atoms with Gasteiger partial charge in [0, 0.05) is 61.4 Å². The van der Waals surface area contributed by atoms with Crippen LogP contribution in [0, 0.1) is 12.8 Å². The van der Waals surface area contributed by atoms with E-state index < -0.39 is 0 Å². The predicted molar refractivity (Wildman–Crippen MR) is 137 cm³/mol. The largest absolute Gasteiger partial charge is 0.356 e. The topological polar surface area (TPSA) is 78.4 Å². The van der Waals surface area contributed by atoms with Crippen molar-refractivity contribution < 1.29 is 9.59 Å². The van der Waals surface area contributed by atoms with Gasteiger partial charge in [-0.15, -0.1) is 0 Å². The zero-order valence-electron chi connectivity index (χ0n) is 20.3. The molecular weight excluding hydrogens is 438 g/mol. The Balaban J connectivity index is 1.29. The number of pyridine rings is 2. The average Bonchev–Trinajstić information content (AvgIpc) is 3.18. The molecule has 1 N–H and O–H groups in total. The first-order valence-electron chi connectivity index (χ1n) is 12.3. The molecule has 1 aromatic carbocycles. The molecule has 0 aliphatic carbocycles. The van der Waals surface area contributed by atoms with Gasteiger partial charge in [0.15, 0.2) is 0 Å². The van der Waals surface area contributed by atoms with Crippen molar-refractivity contribution in [3.05, 3.63) is 82.8 Å². The summed E-state index contributed by atoms with van der Waals surface area (Å²) in [6, 6.07) is 15.1. The van der Waals surface area contributed by atoms with Crippen LogP contribution >= 0.6 is 0 Å². The maximum Gasteiger partial charge on any atom is 0.259 e. The predicted octanol–water partition coefficient (Wildman–Crippen LogP) is 4.47. The van der Waals surface area contributed by atoms with Crippen molar-refractivity contribution >= 4 is 23.3 Å². The molecule has 0 atom stereocenters. The minimum absolute atomic E-state index is 0.00726. The number of hydrogen-bond donors (Lipinski definition) is 1. The molecule has 2 aliphatic heterocycles. The van der Waals surface area contributed by atoms with Crippen LogP contribution < -0.4 is 10.2 Å². The van der Waals surface area contributed by atoms with Gasteiger partial charge in [-0.3, -0.25) is 14.6 Å². The molecule has 0 saturated carbocycles. The minimum atomic E-state index is -0.205. The van der Waals surface area contributed by atoms with E-state index in [9.17, 15) is 9.59 Å². The summed E-state index contributed by atoms with van der Waals surface area (Å²) in [7, 11) is 0. The monoisotopic (exact) mass is 469 g/mol. The number of benzene rings is 1. The highest BCUT2D eigenvalue weighted by Crippen LogP contribution is 2.28. The third-order valence-corrected chi connectivity index (χ3v) is 6.95. The summed E-state index contributed by atoms with van der Waals surface area (Å²) in [5.74, 6) is 1.23. The Morgan fingerprint density at radius 1 is 1.11 bits per heavy atom. The molecule has 4 heterocycles. The molecule has 7 nitrogen and oxygen atoms in total. The summed E-state index contributed by atoms with van der Waals surface area (Å²) < 4.78 is 0. The number of carbonyl (C=O) groups excluding carboxylic acids is 2. The summed E-state index contributed by atoms with van der Waals surface area (Å²) in [5.41, 5.74) is 4.67. The van der Waals surface area contributed by atoms with Gasteiger partial charge in [0.05, 0.1) is 5.56 Å². The van der Waals surface area contributed by atoms with Gasteiger partial charge < -0.3 is 15.1 Å². The molecule has 3 aromatic rings. The SMILES string of the molecule is Cc1ccc(C(=O)Nc2ccc3c(c2)C(=O)N(CCc2ccccn2)C3)c(N2CCC(C)CC2)n1. The normalized spacial score (nSPS) is 15.9. The number of aromatic nitrogens is 2. The van der Waals surface area contributed by atoms with Crippen LogP contribution in [0.5, 0.6) is 0 Å². The van der Waals surface area contributed by atoms with E-state index in [4.69, 9.17) is 4.98 Å². The van der Waals surface area contributed by atoms with Gasteiger partial charge in [0.25, 0.3) is 11.8 Å². The van der Waals surface area contributed by atoms with Gasteiger partial charge >= 0.3 is 0 Å². The highest BCUT2D eigenvalue weighted by atomic mass is 16.2. The molecule has 0 spiro atoms. The van der Waals surface area contributed by atoms with Crippen molar-refractivity contribution in [2.45, 2.75) is 39.7 Å². The zero-order valence-corrected chi connectivity index (χ0v) is 20.3. The number of hydrogen-bond acceptors (Lipinski definition) is 5. The Bertz CT molecular complexity index is 1240. The maximum absolute atomic E-state index is 13.3. The molecule has 35 heavy (non-hydrogen) atoms. The van der Waals surface area contributed by atoms with Crippen LogP contribution in [0.1, 0.15) is 57.4 Å². The van der Waals surface area contributed by atoms with Crippen LogP contribution in [0.25, 0.3) is 0 Å². The number of carbonyl (C=O) groups is 2. The van der Waals surface area contributed by atoms with E-state index in [1.54, 1.807) is 12.3 Å². The van der Waals surface area contributed by atoms with E-state index in [1.165, 1.54) is 0 Å².